The van der Waals surface area contributed by atoms with E-state index in [1.54, 1.807) is 4.68 Å². The smallest absolute Gasteiger partial charge is 0.184 e. The number of carbonyl (C=O) groups is 1. The summed E-state index contributed by atoms with van der Waals surface area (Å²) >= 11 is 7.58. The summed E-state index contributed by atoms with van der Waals surface area (Å²) in [7, 11) is 0. The van der Waals surface area contributed by atoms with Crippen molar-refractivity contribution in [1.29, 1.82) is 0 Å². The summed E-state index contributed by atoms with van der Waals surface area (Å²) in [6, 6.07) is 9.48. The molecule has 1 heterocycles. The maximum absolute atomic E-state index is 10.3. The molecule has 0 spiro atoms. The molecule has 0 aliphatic rings. The quantitative estimate of drug-likeness (QED) is 0.629. The van der Waals surface area contributed by atoms with E-state index < -0.39 is 5.97 Å². The number of thioether (sulfide) groups is 1. The first-order chi connectivity index (χ1) is 8.16. The molecule has 0 amide bonds. The van der Waals surface area contributed by atoms with E-state index in [-0.39, 0.29) is 5.75 Å². The number of para-hydroxylation sites is 1. The minimum absolute atomic E-state index is 0.114. The van der Waals surface area contributed by atoms with Crippen molar-refractivity contribution in [1.82, 2.24) is 9.78 Å². The van der Waals surface area contributed by atoms with Gasteiger partial charge in [-0.15, -0.1) is 5.10 Å². The van der Waals surface area contributed by atoms with Gasteiger partial charge in [0, 0.05) is 5.75 Å². The first-order valence-electron chi connectivity index (χ1n) is 4.65. The molecular formula is C10H7N2O2S3-. The van der Waals surface area contributed by atoms with E-state index in [2.05, 4.69) is 5.10 Å². The Morgan fingerprint density at radius 3 is 2.82 bits per heavy atom. The molecule has 2 rings (SSSR count). The number of aromatic nitrogens is 2. The molecule has 2 aromatic rings. The number of rotatable bonds is 4. The van der Waals surface area contributed by atoms with Gasteiger partial charge in [-0.2, -0.15) is 0 Å². The number of carbonyl (C=O) groups excluding carboxylic acids is 1. The monoisotopic (exact) mass is 283 g/mol. The molecule has 17 heavy (non-hydrogen) atoms. The molecule has 0 atom stereocenters. The van der Waals surface area contributed by atoms with Crippen LogP contribution in [-0.4, -0.2) is 21.5 Å². The number of aliphatic carboxylic acids is 1. The molecule has 0 aliphatic heterocycles. The van der Waals surface area contributed by atoms with Crippen LogP contribution in [0.1, 0.15) is 0 Å². The van der Waals surface area contributed by atoms with Crippen LogP contribution in [0.3, 0.4) is 0 Å². The molecule has 1 aromatic heterocycles. The van der Waals surface area contributed by atoms with E-state index >= 15 is 0 Å². The Morgan fingerprint density at radius 2 is 2.18 bits per heavy atom. The van der Waals surface area contributed by atoms with Crippen LogP contribution < -0.4 is 5.11 Å². The predicted octanol–water partition coefficient (Wildman–Crippen LogP) is 1.51. The fourth-order valence-electron chi connectivity index (χ4n) is 1.17. The highest BCUT2D eigenvalue weighted by atomic mass is 32.2. The molecule has 0 aliphatic carbocycles. The molecule has 88 valence electrons. The van der Waals surface area contributed by atoms with Crippen molar-refractivity contribution in [3.8, 4) is 5.69 Å². The molecule has 0 fully saturated rings. The summed E-state index contributed by atoms with van der Waals surface area (Å²) in [4.78, 5) is 10.3. The van der Waals surface area contributed by atoms with Crippen LogP contribution in [0.2, 0.25) is 0 Å². The van der Waals surface area contributed by atoms with E-state index in [4.69, 9.17) is 12.2 Å². The fraction of sp³-hybridized carbons (Fsp3) is 0.100. The number of carboxylic acid groups (broad SMARTS) is 1. The van der Waals surface area contributed by atoms with Crippen molar-refractivity contribution in [3.63, 3.8) is 0 Å². The van der Waals surface area contributed by atoms with Crippen molar-refractivity contribution >= 4 is 41.3 Å². The lowest BCUT2D eigenvalue weighted by atomic mass is 10.3. The number of nitrogens with zero attached hydrogens (tertiary/aromatic N) is 2. The summed E-state index contributed by atoms with van der Waals surface area (Å²) in [5.74, 6) is -1.22. The third kappa shape index (κ3) is 3.15. The van der Waals surface area contributed by atoms with Gasteiger partial charge in [-0.05, 0) is 24.4 Å². The Hall–Kier alpha value is -1.18. The normalized spacial score (nSPS) is 10.4. The van der Waals surface area contributed by atoms with Crippen molar-refractivity contribution in [2.45, 2.75) is 4.34 Å². The van der Waals surface area contributed by atoms with E-state index in [1.165, 1.54) is 11.3 Å². The topological polar surface area (TPSA) is 57.9 Å². The van der Waals surface area contributed by atoms with Crippen LogP contribution in [0.4, 0.5) is 0 Å². The summed E-state index contributed by atoms with van der Waals surface area (Å²) in [5, 5.41) is 14.6. The van der Waals surface area contributed by atoms with Gasteiger partial charge in [0.2, 0.25) is 0 Å². The fourth-order valence-corrected chi connectivity index (χ4v) is 3.25. The first kappa shape index (κ1) is 12.3. The third-order valence-corrected chi connectivity index (χ3v) is 4.18. The zero-order valence-corrected chi connectivity index (χ0v) is 11.0. The maximum atomic E-state index is 10.3. The Labute approximate surface area is 111 Å². The zero-order valence-electron chi connectivity index (χ0n) is 8.53. The number of benzene rings is 1. The largest absolute Gasteiger partial charge is 0.549 e. The van der Waals surface area contributed by atoms with Crippen LogP contribution in [0.25, 0.3) is 5.69 Å². The van der Waals surface area contributed by atoms with E-state index in [9.17, 15) is 9.90 Å². The molecule has 0 radical (unpaired) electrons. The van der Waals surface area contributed by atoms with Gasteiger partial charge in [0.25, 0.3) is 0 Å². The maximum Gasteiger partial charge on any atom is 0.184 e. The highest BCUT2D eigenvalue weighted by molar-refractivity contribution is 8.01. The SMILES string of the molecule is O=C([O-])CSc1nn(-c2ccccc2)c(=S)s1. The highest BCUT2D eigenvalue weighted by Gasteiger charge is 2.05. The van der Waals surface area contributed by atoms with Crippen LogP contribution in [-0.2, 0) is 4.79 Å². The Bertz CT molecular complexity index is 577. The van der Waals surface area contributed by atoms with Crippen molar-refractivity contribution < 1.29 is 9.90 Å². The van der Waals surface area contributed by atoms with Crippen molar-refractivity contribution in [2.24, 2.45) is 0 Å². The molecule has 0 saturated heterocycles. The molecule has 0 unspecified atom stereocenters. The second-order valence-electron chi connectivity index (χ2n) is 3.04. The van der Waals surface area contributed by atoms with Crippen LogP contribution >= 0.6 is 35.3 Å². The van der Waals surface area contributed by atoms with Gasteiger partial charge in [-0.3, -0.25) is 0 Å². The van der Waals surface area contributed by atoms with Crippen molar-refractivity contribution in [3.05, 3.63) is 34.3 Å². The van der Waals surface area contributed by atoms with Gasteiger partial charge in [0.15, 0.2) is 8.29 Å². The van der Waals surface area contributed by atoms with Crippen LogP contribution in [0.15, 0.2) is 34.7 Å². The lowest BCUT2D eigenvalue weighted by molar-refractivity contribution is -0.301. The Morgan fingerprint density at radius 1 is 1.47 bits per heavy atom. The molecule has 0 N–H and O–H groups in total. The third-order valence-electron chi connectivity index (χ3n) is 1.84. The lowest BCUT2D eigenvalue weighted by Crippen LogP contribution is -2.24. The lowest BCUT2D eigenvalue weighted by Gasteiger charge is -1.99. The van der Waals surface area contributed by atoms with Gasteiger partial charge < -0.3 is 9.90 Å². The summed E-state index contributed by atoms with van der Waals surface area (Å²) < 4.78 is 2.84. The predicted molar refractivity (Wildman–Crippen MR) is 68.0 cm³/mol. The van der Waals surface area contributed by atoms with Gasteiger partial charge >= 0.3 is 0 Å². The highest BCUT2D eigenvalue weighted by Crippen LogP contribution is 2.23. The summed E-state index contributed by atoms with van der Waals surface area (Å²) in [6.45, 7) is 0. The van der Waals surface area contributed by atoms with E-state index in [1.807, 2.05) is 30.3 Å². The number of carboxylic acids is 1. The van der Waals surface area contributed by atoms with Crippen LogP contribution in [0, 0.1) is 3.95 Å². The Kier molecular flexibility index (Phi) is 3.93. The standard InChI is InChI=1S/C10H8N2O2S3/c13-8(14)6-16-9-11-12(10(15)17-9)7-4-2-1-3-5-7/h1-5H,6H2,(H,13,14)/p-1. The van der Waals surface area contributed by atoms with Crippen molar-refractivity contribution in [2.75, 3.05) is 5.75 Å². The number of hydrogen-bond donors (Lipinski definition) is 0. The molecular weight excluding hydrogens is 276 g/mol. The van der Waals surface area contributed by atoms with E-state index in [0.29, 0.717) is 8.29 Å². The van der Waals surface area contributed by atoms with Gasteiger partial charge in [0.1, 0.15) is 0 Å². The molecule has 7 heteroatoms. The first-order valence-corrected chi connectivity index (χ1v) is 6.86. The minimum Gasteiger partial charge on any atom is -0.549 e. The summed E-state index contributed by atoms with van der Waals surface area (Å²) in [5.41, 5.74) is 0.869. The molecule has 1 aromatic carbocycles. The van der Waals surface area contributed by atoms with E-state index in [0.717, 1.165) is 17.4 Å². The second kappa shape index (κ2) is 5.44. The molecule has 0 bridgehead atoms. The van der Waals surface area contributed by atoms with Crippen LogP contribution in [0.5, 0.6) is 0 Å². The molecule has 0 saturated carbocycles. The average Bonchev–Trinajstić information content (AvgIpc) is 2.69. The van der Waals surface area contributed by atoms with Gasteiger partial charge in [-0.1, -0.05) is 41.3 Å². The van der Waals surface area contributed by atoms with Gasteiger partial charge in [-0.25, -0.2) is 4.68 Å². The molecule has 4 nitrogen and oxygen atoms in total. The van der Waals surface area contributed by atoms with Gasteiger partial charge in [0.05, 0.1) is 11.7 Å². The minimum atomic E-state index is -1.11. The second-order valence-corrected chi connectivity index (χ2v) is 5.89. The average molecular weight is 283 g/mol. The number of hydrogen-bond acceptors (Lipinski definition) is 6. The Balaban J connectivity index is 2.26. The summed E-state index contributed by atoms with van der Waals surface area (Å²) in [6.07, 6.45) is 0. The zero-order chi connectivity index (χ0) is 12.3.